The third-order valence-corrected chi connectivity index (χ3v) is 8.31. The minimum atomic E-state index is -0.716. The number of aliphatic hydroxyl groups excluding tert-OH is 1. The van der Waals surface area contributed by atoms with Gasteiger partial charge < -0.3 is 10.0 Å². The molecule has 186 valence electrons. The van der Waals surface area contributed by atoms with Crippen molar-refractivity contribution in [2.45, 2.75) is 44.2 Å². The first-order chi connectivity index (χ1) is 17.9. The van der Waals surface area contributed by atoms with E-state index < -0.39 is 11.9 Å². The lowest BCUT2D eigenvalue weighted by molar-refractivity contribution is -0.137. The van der Waals surface area contributed by atoms with Crippen molar-refractivity contribution in [3.8, 4) is 0 Å². The molecule has 1 aromatic heterocycles. The van der Waals surface area contributed by atoms with Crippen LogP contribution in [0.5, 0.6) is 0 Å². The van der Waals surface area contributed by atoms with Crippen molar-refractivity contribution in [1.82, 2.24) is 10.2 Å². The van der Waals surface area contributed by atoms with Gasteiger partial charge in [-0.25, -0.2) is 0 Å². The van der Waals surface area contributed by atoms with Gasteiger partial charge in [0, 0.05) is 47.8 Å². The molecule has 2 unspecified atom stereocenters. The van der Waals surface area contributed by atoms with Crippen molar-refractivity contribution in [2.24, 2.45) is 4.99 Å². The lowest BCUT2D eigenvalue weighted by atomic mass is 9.83. The number of imide groups is 1. The minimum absolute atomic E-state index is 0.00843. The Morgan fingerprint density at radius 3 is 2.70 bits per heavy atom. The Labute approximate surface area is 216 Å². The number of thiophene rings is 1. The molecule has 0 spiro atoms. The van der Waals surface area contributed by atoms with Crippen LogP contribution in [0.4, 0.5) is 5.69 Å². The quantitative estimate of drug-likeness (QED) is 0.398. The summed E-state index contributed by atoms with van der Waals surface area (Å²) in [5.41, 5.74) is 2.85. The highest BCUT2D eigenvalue weighted by Crippen LogP contribution is 2.40. The van der Waals surface area contributed by atoms with E-state index in [0.717, 1.165) is 15.6 Å². The zero-order valence-corrected chi connectivity index (χ0v) is 20.6. The molecule has 2 aliphatic heterocycles. The standard InChI is InChI=1S/C28H23N3O5S/c32-23-10-15(20-14-37-25-7-2-1-4-16(20)25)11-24(33)18(23)12-29-21-6-3-5-17-19(21)13-31(28(17)36)22-8-9-26(34)30-27(22)35/h1-7,12,14-15,22,32H,8-11,13H2,(H,30,34,35). The van der Waals surface area contributed by atoms with Gasteiger partial charge in [0.2, 0.25) is 11.8 Å². The van der Waals surface area contributed by atoms with Crippen LogP contribution in [0.3, 0.4) is 0 Å². The molecular formula is C28H23N3O5S. The second kappa shape index (κ2) is 9.08. The average molecular weight is 514 g/mol. The lowest BCUT2D eigenvalue weighted by Crippen LogP contribution is -2.52. The van der Waals surface area contributed by atoms with Gasteiger partial charge in [0.15, 0.2) is 5.78 Å². The largest absolute Gasteiger partial charge is 0.511 e. The number of piperidine rings is 1. The van der Waals surface area contributed by atoms with Gasteiger partial charge in [-0.1, -0.05) is 24.3 Å². The van der Waals surface area contributed by atoms with E-state index in [1.165, 1.54) is 11.1 Å². The monoisotopic (exact) mass is 513 g/mol. The number of carbonyl (C=O) groups is 4. The Hall–Kier alpha value is -4.11. The van der Waals surface area contributed by atoms with E-state index in [2.05, 4.69) is 15.7 Å². The number of fused-ring (bicyclic) bond motifs is 2. The first-order valence-electron chi connectivity index (χ1n) is 12.1. The Kier molecular flexibility index (Phi) is 5.72. The predicted octanol–water partition coefficient (Wildman–Crippen LogP) is 4.32. The summed E-state index contributed by atoms with van der Waals surface area (Å²) in [4.78, 5) is 55.9. The summed E-state index contributed by atoms with van der Waals surface area (Å²) >= 11 is 1.63. The molecule has 1 saturated heterocycles. The van der Waals surface area contributed by atoms with E-state index in [0.29, 0.717) is 23.2 Å². The number of nitrogens with zero attached hydrogens (tertiary/aromatic N) is 2. The summed E-state index contributed by atoms with van der Waals surface area (Å²) in [6.45, 7) is 0.181. The van der Waals surface area contributed by atoms with Crippen molar-refractivity contribution in [3.05, 3.63) is 75.9 Å². The molecule has 2 atom stereocenters. The van der Waals surface area contributed by atoms with E-state index in [4.69, 9.17) is 0 Å². The fourth-order valence-corrected chi connectivity index (χ4v) is 6.46. The Bertz CT molecular complexity index is 1550. The zero-order valence-electron chi connectivity index (χ0n) is 19.8. The fraction of sp³-hybridized carbons (Fsp3) is 0.250. The van der Waals surface area contributed by atoms with Crippen LogP contribution in [0.25, 0.3) is 10.1 Å². The topological polar surface area (TPSA) is 116 Å². The summed E-state index contributed by atoms with van der Waals surface area (Å²) in [6.07, 6.45) is 2.47. The van der Waals surface area contributed by atoms with Crippen molar-refractivity contribution in [2.75, 3.05) is 0 Å². The third kappa shape index (κ3) is 4.05. The van der Waals surface area contributed by atoms with E-state index in [1.54, 1.807) is 29.5 Å². The maximum Gasteiger partial charge on any atom is 0.255 e. The first kappa shape index (κ1) is 23.3. The van der Waals surface area contributed by atoms with Gasteiger partial charge >= 0.3 is 0 Å². The normalized spacial score (nSPS) is 22.3. The number of hydrogen-bond donors (Lipinski definition) is 2. The zero-order chi connectivity index (χ0) is 25.7. The third-order valence-electron chi connectivity index (χ3n) is 7.32. The van der Waals surface area contributed by atoms with E-state index >= 15 is 0 Å². The summed E-state index contributed by atoms with van der Waals surface area (Å²) in [5.74, 6) is -1.37. The number of benzene rings is 2. The number of Topliss-reactive ketones (excluding diaryl/α,β-unsaturated/α-hetero) is 1. The molecule has 3 aromatic rings. The van der Waals surface area contributed by atoms with Gasteiger partial charge in [-0.05, 0) is 46.9 Å². The number of aliphatic hydroxyl groups is 1. The first-order valence-corrected chi connectivity index (χ1v) is 13.0. The van der Waals surface area contributed by atoms with Gasteiger partial charge in [0.1, 0.15) is 11.8 Å². The Balaban J connectivity index is 1.24. The summed E-state index contributed by atoms with van der Waals surface area (Å²) in [5, 5.41) is 16.3. The number of nitrogens with one attached hydrogen (secondary N) is 1. The van der Waals surface area contributed by atoms with Crippen LogP contribution in [-0.2, 0) is 20.9 Å². The fourth-order valence-electron chi connectivity index (χ4n) is 5.42. The number of hydrogen-bond acceptors (Lipinski definition) is 7. The molecule has 3 heterocycles. The van der Waals surface area contributed by atoms with Gasteiger partial charge in [0.05, 0.1) is 11.3 Å². The van der Waals surface area contributed by atoms with Crippen LogP contribution in [0.1, 0.15) is 53.1 Å². The number of ketones is 1. The van der Waals surface area contributed by atoms with Gasteiger partial charge in [-0.3, -0.25) is 29.5 Å². The molecule has 8 nitrogen and oxygen atoms in total. The van der Waals surface area contributed by atoms with E-state index in [1.807, 2.05) is 24.3 Å². The van der Waals surface area contributed by atoms with Gasteiger partial charge in [0.25, 0.3) is 5.91 Å². The van der Waals surface area contributed by atoms with Gasteiger partial charge in [-0.2, -0.15) is 0 Å². The molecule has 2 aromatic carbocycles. The van der Waals surface area contributed by atoms with E-state index in [-0.39, 0.29) is 60.7 Å². The van der Waals surface area contributed by atoms with Crippen molar-refractivity contribution < 1.29 is 24.3 Å². The van der Waals surface area contributed by atoms with Crippen LogP contribution in [0.2, 0.25) is 0 Å². The maximum absolute atomic E-state index is 13.0. The molecular weight excluding hydrogens is 490 g/mol. The molecule has 3 aliphatic rings. The second-order valence-electron chi connectivity index (χ2n) is 9.54. The Morgan fingerprint density at radius 1 is 1.05 bits per heavy atom. The molecule has 0 radical (unpaired) electrons. The molecule has 0 saturated carbocycles. The maximum atomic E-state index is 13.0. The summed E-state index contributed by atoms with van der Waals surface area (Å²) in [7, 11) is 0. The molecule has 9 heteroatoms. The molecule has 2 N–H and O–H groups in total. The van der Waals surface area contributed by atoms with Crippen LogP contribution in [0, 0.1) is 0 Å². The van der Waals surface area contributed by atoms with Gasteiger partial charge in [-0.15, -0.1) is 11.3 Å². The van der Waals surface area contributed by atoms with Crippen LogP contribution >= 0.6 is 11.3 Å². The summed E-state index contributed by atoms with van der Waals surface area (Å²) in [6, 6.07) is 12.4. The van der Waals surface area contributed by atoms with Crippen molar-refractivity contribution in [1.29, 1.82) is 0 Å². The van der Waals surface area contributed by atoms with Crippen LogP contribution in [0.15, 0.2) is 64.2 Å². The highest BCUT2D eigenvalue weighted by atomic mass is 32.1. The van der Waals surface area contributed by atoms with Crippen molar-refractivity contribution in [3.63, 3.8) is 0 Å². The summed E-state index contributed by atoms with van der Waals surface area (Å²) < 4.78 is 1.15. The predicted molar refractivity (Wildman–Crippen MR) is 139 cm³/mol. The molecule has 1 fully saturated rings. The molecule has 1 aliphatic carbocycles. The molecule has 6 rings (SSSR count). The highest BCUT2D eigenvalue weighted by molar-refractivity contribution is 7.17. The number of amides is 3. The SMILES string of the molecule is O=C1CCC(N2Cc3c(N=CC4=C(O)CC(c5csc6ccccc56)CC4=O)cccc3C2=O)C(=O)N1. The Morgan fingerprint density at radius 2 is 1.89 bits per heavy atom. The highest BCUT2D eigenvalue weighted by Gasteiger charge is 2.40. The van der Waals surface area contributed by atoms with Crippen molar-refractivity contribution >= 4 is 56.8 Å². The average Bonchev–Trinajstić information content (AvgIpc) is 3.45. The smallest absolute Gasteiger partial charge is 0.255 e. The second-order valence-corrected chi connectivity index (χ2v) is 10.4. The lowest BCUT2D eigenvalue weighted by Gasteiger charge is -2.29. The number of aliphatic imine (C=N–C) groups is 1. The number of allylic oxidation sites excluding steroid dienone is 2. The molecule has 0 bridgehead atoms. The minimum Gasteiger partial charge on any atom is -0.511 e. The number of carbonyl (C=O) groups excluding carboxylic acids is 4. The molecule has 3 amide bonds. The van der Waals surface area contributed by atoms with Crippen LogP contribution in [-0.4, -0.2) is 45.8 Å². The van der Waals surface area contributed by atoms with E-state index in [9.17, 15) is 24.3 Å². The molecule has 37 heavy (non-hydrogen) atoms. The van der Waals surface area contributed by atoms with Crippen LogP contribution < -0.4 is 5.32 Å². The number of rotatable bonds is 4.